The Balaban J connectivity index is 1.66. The summed E-state index contributed by atoms with van der Waals surface area (Å²) in [6.45, 7) is 0.631. The van der Waals surface area contributed by atoms with Crippen LogP contribution in [0.1, 0.15) is 5.56 Å². The molecule has 0 unspecified atom stereocenters. The van der Waals surface area contributed by atoms with Crippen molar-refractivity contribution in [2.24, 2.45) is 7.05 Å². The monoisotopic (exact) mass is 391 g/mol. The second kappa shape index (κ2) is 7.70. The molecule has 0 bridgehead atoms. The number of anilines is 1. The molecule has 2 N–H and O–H groups in total. The van der Waals surface area contributed by atoms with Gasteiger partial charge in [0.15, 0.2) is 0 Å². The van der Waals surface area contributed by atoms with E-state index in [1.165, 1.54) is 6.07 Å². The van der Waals surface area contributed by atoms with E-state index in [0.717, 1.165) is 22.4 Å². The minimum atomic E-state index is 0.0898. The largest absolute Gasteiger partial charge is 0.508 e. The molecule has 0 aliphatic carbocycles. The van der Waals surface area contributed by atoms with Crippen LogP contribution in [-0.2, 0) is 13.6 Å². The third kappa shape index (κ3) is 3.97. The van der Waals surface area contributed by atoms with Gasteiger partial charge >= 0.3 is 0 Å². The Morgan fingerprint density at radius 3 is 2.71 bits per heavy atom. The van der Waals surface area contributed by atoms with Gasteiger partial charge in [-0.3, -0.25) is 4.68 Å². The van der Waals surface area contributed by atoms with Crippen LogP contribution in [0.2, 0.25) is 5.02 Å². The first-order chi connectivity index (χ1) is 13.6. The fraction of sp³-hybridized carbons (Fsp3) is 0.0952. The van der Waals surface area contributed by atoms with Crippen LogP contribution < -0.4 is 5.32 Å². The zero-order valence-corrected chi connectivity index (χ0v) is 15.9. The zero-order valence-electron chi connectivity index (χ0n) is 15.2. The first-order valence-electron chi connectivity index (χ1n) is 8.73. The fourth-order valence-corrected chi connectivity index (χ4v) is 3.20. The average Bonchev–Trinajstić information content (AvgIpc) is 3.09. The number of phenols is 1. The molecule has 7 heteroatoms. The van der Waals surface area contributed by atoms with Gasteiger partial charge in [0, 0.05) is 42.1 Å². The minimum Gasteiger partial charge on any atom is -0.508 e. The van der Waals surface area contributed by atoms with Crippen LogP contribution in [0.4, 0.5) is 5.95 Å². The van der Waals surface area contributed by atoms with Gasteiger partial charge < -0.3 is 10.4 Å². The van der Waals surface area contributed by atoms with Crippen molar-refractivity contribution in [3.05, 3.63) is 77.6 Å². The Hall–Kier alpha value is -3.38. The highest BCUT2D eigenvalue weighted by molar-refractivity contribution is 6.31. The highest BCUT2D eigenvalue weighted by Gasteiger charge is 2.15. The molecular formula is C21H18ClN5O. The molecule has 4 aromatic rings. The summed E-state index contributed by atoms with van der Waals surface area (Å²) in [5.74, 6) is 0.622. The quantitative estimate of drug-likeness (QED) is 0.523. The number of hydrogen-bond acceptors (Lipinski definition) is 5. The van der Waals surface area contributed by atoms with Crippen LogP contribution in [0.5, 0.6) is 5.75 Å². The van der Waals surface area contributed by atoms with Crippen molar-refractivity contribution >= 4 is 17.5 Å². The maximum atomic E-state index is 9.89. The number of nitrogens with one attached hydrogen (secondary N) is 1. The van der Waals surface area contributed by atoms with E-state index in [1.807, 2.05) is 49.6 Å². The maximum Gasteiger partial charge on any atom is 0.223 e. The molecule has 0 saturated heterocycles. The van der Waals surface area contributed by atoms with Gasteiger partial charge in [-0.05, 0) is 29.8 Å². The van der Waals surface area contributed by atoms with Gasteiger partial charge in [-0.1, -0.05) is 41.9 Å². The molecule has 0 radical (unpaired) electrons. The summed E-state index contributed by atoms with van der Waals surface area (Å²) < 4.78 is 1.71. The third-order valence-electron chi connectivity index (χ3n) is 4.21. The highest BCUT2D eigenvalue weighted by Crippen LogP contribution is 2.33. The van der Waals surface area contributed by atoms with E-state index < -0.39 is 0 Å². The first kappa shape index (κ1) is 18.0. The molecule has 0 aliphatic rings. The Bertz CT molecular complexity index is 1090. The highest BCUT2D eigenvalue weighted by atomic mass is 35.5. The standard InChI is InChI=1S/C21H18ClN5O/c1-27-13-18(20(26-27)15-9-16(22)11-17(28)10-15)19-7-8-23-21(25-19)24-12-14-5-3-2-4-6-14/h2-11,13,28H,12H2,1H3,(H,23,24,25). The van der Waals surface area contributed by atoms with Gasteiger partial charge in [-0.25, -0.2) is 9.97 Å². The molecule has 0 saturated carbocycles. The van der Waals surface area contributed by atoms with Crippen molar-refractivity contribution in [1.82, 2.24) is 19.7 Å². The lowest BCUT2D eigenvalue weighted by molar-refractivity contribution is 0.475. The number of rotatable bonds is 5. The zero-order chi connectivity index (χ0) is 19.5. The number of aromatic nitrogens is 4. The Kier molecular flexibility index (Phi) is 4.95. The molecule has 2 heterocycles. The van der Waals surface area contributed by atoms with Gasteiger partial charge in [0.1, 0.15) is 11.4 Å². The number of hydrogen-bond donors (Lipinski definition) is 2. The second-order valence-corrected chi connectivity index (χ2v) is 6.80. The third-order valence-corrected chi connectivity index (χ3v) is 4.43. The van der Waals surface area contributed by atoms with Crippen molar-refractivity contribution < 1.29 is 5.11 Å². The minimum absolute atomic E-state index is 0.0898. The van der Waals surface area contributed by atoms with Gasteiger partial charge in [0.05, 0.1) is 5.69 Å². The molecule has 6 nitrogen and oxygen atoms in total. The molecular weight excluding hydrogens is 374 g/mol. The number of aryl methyl sites for hydroxylation is 1. The van der Waals surface area contributed by atoms with E-state index in [1.54, 1.807) is 23.0 Å². The van der Waals surface area contributed by atoms with Crippen LogP contribution in [0.25, 0.3) is 22.5 Å². The predicted octanol–water partition coefficient (Wildman–Crippen LogP) is 4.52. The normalized spacial score (nSPS) is 10.8. The van der Waals surface area contributed by atoms with E-state index in [9.17, 15) is 5.11 Å². The van der Waals surface area contributed by atoms with E-state index in [-0.39, 0.29) is 5.75 Å². The van der Waals surface area contributed by atoms with Crippen LogP contribution in [-0.4, -0.2) is 24.9 Å². The molecule has 0 amide bonds. The summed E-state index contributed by atoms with van der Waals surface area (Å²) in [5, 5.41) is 18.1. The summed E-state index contributed by atoms with van der Waals surface area (Å²) in [6, 6.07) is 16.8. The lowest BCUT2D eigenvalue weighted by Gasteiger charge is -2.07. The van der Waals surface area contributed by atoms with Crippen LogP contribution in [0.3, 0.4) is 0 Å². The Labute approximate surface area is 167 Å². The molecule has 140 valence electrons. The smallest absolute Gasteiger partial charge is 0.223 e. The fourth-order valence-electron chi connectivity index (χ4n) is 2.97. The molecule has 4 rings (SSSR count). The summed E-state index contributed by atoms with van der Waals surface area (Å²) >= 11 is 6.10. The molecule has 0 atom stereocenters. The van der Waals surface area contributed by atoms with Crippen molar-refractivity contribution in [3.63, 3.8) is 0 Å². The lowest BCUT2D eigenvalue weighted by Crippen LogP contribution is -2.03. The van der Waals surface area contributed by atoms with Crippen LogP contribution in [0.15, 0.2) is 67.0 Å². The van der Waals surface area contributed by atoms with Crippen molar-refractivity contribution in [2.75, 3.05) is 5.32 Å². The van der Waals surface area contributed by atoms with Crippen molar-refractivity contribution in [3.8, 4) is 28.3 Å². The van der Waals surface area contributed by atoms with Gasteiger partial charge in [-0.2, -0.15) is 5.10 Å². The second-order valence-electron chi connectivity index (χ2n) is 6.37. The van der Waals surface area contributed by atoms with Gasteiger partial charge in [0.2, 0.25) is 5.95 Å². The molecule has 28 heavy (non-hydrogen) atoms. The summed E-state index contributed by atoms with van der Waals surface area (Å²) in [6.07, 6.45) is 3.60. The number of benzene rings is 2. The number of aromatic hydroxyl groups is 1. The summed E-state index contributed by atoms with van der Waals surface area (Å²) in [7, 11) is 1.84. The van der Waals surface area contributed by atoms with E-state index in [2.05, 4.69) is 20.4 Å². The molecule has 2 aromatic heterocycles. The van der Waals surface area contributed by atoms with E-state index >= 15 is 0 Å². The number of phenolic OH excluding ortho intramolecular Hbond substituents is 1. The molecule has 0 aliphatic heterocycles. The summed E-state index contributed by atoms with van der Waals surface area (Å²) in [4.78, 5) is 8.94. The first-order valence-corrected chi connectivity index (χ1v) is 9.11. The van der Waals surface area contributed by atoms with Crippen molar-refractivity contribution in [2.45, 2.75) is 6.54 Å². The van der Waals surface area contributed by atoms with E-state index in [4.69, 9.17) is 11.6 Å². The van der Waals surface area contributed by atoms with Gasteiger partial charge in [0.25, 0.3) is 0 Å². The summed E-state index contributed by atoms with van der Waals surface area (Å²) in [5.41, 5.74) is 4.11. The average molecular weight is 392 g/mol. The number of nitrogens with zero attached hydrogens (tertiary/aromatic N) is 4. The van der Waals surface area contributed by atoms with E-state index in [0.29, 0.717) is 23.2 Å². The Morgan fingerprint density at radius 2 is 1.93 bits per heavy atom. The lowest BCUT2D eigenvalue weighted by atomic mass is 10.1. The van der Waals surface area contributed by atoms with Crippen molar-refractivity contribution in [1.29, 1.82) is 0 Å². The topological polar surface area (TPSA) is 75.9 Å². The van der Waals surface area contributed by atoms with Crippen LogP contribution >= 0.6 is 11.6 Å². The van der Waals surface area contributed by atoms with Crippen LogP contribution in [0, 0.1) is 0 Å². The van der Waals surface area contributed by atoms with Gasteiger partial charge in [-0.15, -0.1) is 0 Å². The molecule has 0 fully saturated rings. The molecule has 0 spiro atoms. The predicted molar refractivity (Wildman–Crippen MR) is 110 cm³/mol. The maximum absolute atomic E-state index is 9.89. The number of halogens is 1. The Morgan fingerprint density at radius 1 is 1.11 bits per heavy atom. The molecule has 2 aromatic carbocycles. The SMILES string of the molecule is Cn1cc(-c2ccnc(NCc3ccccc3)n2)c(-c2cc(O)cc(Cl)c2)n1.